The lowest BCUT2D eigenvalue weighted by Gasteiger charge is -2.43. The maximum Gasteiger partial charge on any atom is 0.345 e. The molecule has 1 atom stereocenters. The number of halogens is 3. The van der Waals surface area contributed by atoms with Crippen LogP contribution in [0.2, 0.25) is 0 Å². The van der Waals surface area contributed by atoms with Crippen LogP contribution in [0.15, 0.2) is 53.8 Å². The van der Waals surface area contributed by atoms with E-state index in [4.69, 9.17) is 10.5 Å². The summed E-state index contributed by atoms with van der Waals surface area (Å²) in [4.78, 5) is 12.6. The zero-order valence-electron chi connectivity index (χ0n) is 15.9. The molecule has 1 aliphatic carbocycles. The van der Waals surface area contributed by atoms with Crippen LogP contribution in [0.5, 0.6) is 5.75 Å². The van der Waals surface area contributed by atoms with Crippen molar-refractivity contribution in [2.24, 2.45) is 10.7 Å². The molecule has 9 heteroatoms. The summed E-state index contributed by atoms with van der Waals surface area (Å²) in [5.74, 6) is -0.221. The van der Waals surface area contributed by atoms with Crippen LogP contribution in [0, 0.1) is 0 Å². The Morgan fingerprint density at radius 3 is 2.50 bits per heavy atom. The van der Waals surface area contributed by atoms with Crippen molar-refractivity contribution in [1.29, 1.82) is 0 Å². The number of nitrogens with zero attached hydrogens (tertiary/aromatic N) is 3. The summed E-state index contributed by atoms with van der Waals surface area (Å²) in [6.45, 7) is -2.83. The van der Waals surface area contributed by atoms with Crippen LogP contribution < -0.4 is 10.5 Å². The summed E-state index contributed by atoms with van der Waals surface area (Å²) >= 11 is 0. The number of rotatable bonds is 3. The van der Waals surface area contributed by atoms with Crippen molar-refractivity contribution in [3.63, 3.8) is 0 Å². The summed E-state index contributed by atoms with van der Waals surface area (Å²) in [6, 6.07) is 5.57. The molecule has 0 saturated heterocycles. The van der Waals surface area contributed by atoms with E-state index in [1.165, 1.54) is 12.4 Å². The monoisotopic (exact) mass is 416 g/mol. The summed E-state index contributed by atoms with van der Waals surface area (Å²) in [5.41, 5.74) is 6.08. The van der Waals surface area contributed by atoms with E-state index in [0.29, 0.717) is 37.0 Å². The third-order valence-corrected chi connectivity index (χ3v) is 6.20. The predicted molar refractivity (Wildman–Crippen MR) is 103 cm³/mol. The van der Waals surface area contributed by atoms with Gasteiger partial charge in [-0.3, -0.25) is 0 Å². The highest BCUT2D eigenvalue weighted by molar-refractivity contribution is 5.98. The minimum Gasteiger partial charge on any atom is -0.484 e. The molecule has 0 amide bonds. The second-order valence-corrected chi connectivity index (χ2v) is 7.79. The average Bonchev–Trinajstić information content (AvgIpc) is 3.18. The molecule has 5 rings (SSSR count). The zero-order chi connectivity index (χ0) is 20.9. The molecule has 0 radical (unpaired) electrons. The van der Waals surface area contributed by atoms with Gasteiger partial charge in [0.2, 0.25) is 0 Å². The van der Waals surface area contributed by atoms with Gasteiger partial charge in [-0.1, -0.05) is 6.07 Å². The molecular formula is C21H19F3N4O2. The molecule has 2 aliphatic heterocycles. The molecule has 1 aromatic heterocycles. The van der Waals surface area contributed by atoms with E-state index in [-0.39, 0.29) is 5.84 Å². The van der Waals surface area contributed by atoms with Gasteiger partial charge in [-0.25, -0.2) is 19.4 Å². The van der Waals surface area contributed by atoms with Crippen LogP contribution in [-0.4, -0.2) is 34.1 Å². The minimum atomic E-state index is -2.83. The topological polar surface area (TPSA) is 82.6 Å². The van der Waals surface area contributed by atoms with Crippen LogP contribution in [0.4, 0.5) is 13.2 Å². The van der Waals surface area contributed by atoms with Crippen molar-refractivity contribution in [3.8, 4) is 16.9 Å². The number of aliphatic imine (C=N–C) groups is 1. The third kappa shape index (κ3) is 2.79. The minimum absolute atomic E-state index is 0.190. The number of hydrogen-bond acceptors (Lipinski definition) is 6. The Hall–Kier alpha value is -2.94. The summed E-state index contributed by atoms with van der Waals surface area (Å²) in [6.07, 6.45) is 7.09. The van der Waals surface area contributed by atoms with E-state index in [0.717, 1.165) is 11.1 Å². The third-order valence-electron chi connectivity index (χ3n) is 6.20. The quantitative estimate of drug-likeness (QED) is 0.821. The highest BCUT2D eigenvalue weighted by atomic mass is 19.3. The molecule has 1 fully saturated rings. The highest BCUT2D eigenvalue weighted by Gasteiger charge is 2.62. The lowest BCUT2D eigenvalue weighted by atomic mass is 9.68. The number of fused-ring (bicyclic) bond motifs is 3. The van der Waals surface area contributed by atoms with E-state index < -0.39 is 29.7 Å². The molecule has 6 nitrogen and oxygen atoms in total. The van der Waals surface area contributed by atoms with Gasteiger partial charge in [0.25, 0.3) is 0 Å². The summed E-state index contributed by atoms with van der Waals surface area (Å²) in [7, 11) is 0. The Morgan fingerprint density at radius 2 is 1.87 bits per heavy atom. The molecule has 1 unspecified atom stereocenters. The molecule has 156 valence electrons. The molecule has 3 heterocycles. The summed E-state index contributed by atoms with van der Waals surface area (Å²) < 4.78 is 50.9. The van der Waals surface area contributed by atoms with Gasteiger partial charge in [0.05, 0.1) is 6.10 Å². The van der Waals surface area contributed by atoms with Gasteiger partial charge in [0.15, 0.2) is 17.2 Å². The van der Waals surface area contributed by atoms with Crippen molar-refractivity contribution in [3.05, 3.63) is 54.4 Å². The van der Waals surface area contributed by atoms with Crippen LogP contribution in [0.25, 0.3) is 11.1 Å². The number of aromatic nitrogens is 2. The fraction of sp³-hybridized carbons (Fsp3) is 0.381. The van der Waals surface area contributed by atoms with Crippen molar-refractivity contribution in [2.45, 2.75) is 49.5 Å². The van der Waals surface area contributed by atoms with Crippen LogP contribution >= 0.6 is 0 Å². The SMILES string of the molecule is NC1=NC2(C=C1F)c1cc(-c3cncnc3)ccc1OC21CCC(OC(F)F)CC1. The number of hydrogen-bond donors (Lipinski definition) is 1. The van der Waals surface area contributed by atoms with Crippen LogP contribution in [0.1, 0.15) is 31.2 Å². The van der Waals surface area contributed by atoms with Gasteiger partial charge in [-0.2, -0.15) is 8.78 Å². The maximum atomic E-state index is 14.5. The van der Waals surface area contributed by atoms with Crippen molar-refractivity contribution in [2.75, 3.05) is 0 Å². The lowest BCUT2D eigenvalue weighted by molar-refractivity contribution is -0.180. The van der Waals surface area contributed by atoms with Crippen molar-refractivity contribution >= 4 is 5.84 Å². The fourth-order valence-electron chi connectivity index (χ4n) is 4.81. The van der Waals surface area contributed by atoms with Gasteiger partial charge in [-0.15, -0.1) is 0 Å². The molecule has 2 N–H and O–H groups in total. The predicted octanol–water partition coefficient (Wildman–Crippen LogP) is 3.88. The van der Waals surface area contributed by atoms with E-state index >= 15 is 0 Å². The average molecular weight is 416 g/mol. The van der Waals surface area contributed by atoms with Gasteiger partial charge >= 0.3 is 6.61 Å². The number of alkyl halides is 2. The number of benzene rings is 1. The Kier molecular flexibility index (Phi) is 4.32. The molecule has 30 heavy (non-hydrogen) atoms. The number of nitrogens with two attached hydrogens (primary N) is 1. The normalized spacial score (nSPS) is 29.8. The Morgan fingerprint density at radius 1 is 1.13 bits per heavy atom. The van der Waals surface area contributed by atoms with E-state index in [2.05, 4.69) is 19.7 Å². The second-order valence-electron chi connectivity index (χ2n) is 7.79. The van der Waals surface area contributed by atoms with Crippen LogP contribution in [-0.2, 0) is 10.3 Å². The van der Waals surface area contributed by atoms with E-state index in [1.54, 1.807) is 12.4 Å². The Balaban J connectivity index is 1.58. The van der Waals surface area contributed by atoms with Gasteiger partial charge < -0.3 is 15.2 Å². The Labute approximate surface area is 170 Å². The van der Waals surface area contributed by atoms with E-state index in [9.17, 15) is 13.2 Å². The van der Waals surface area contributed by atoms with E-state index in [1.807, 2.05) is 18.2 Å². The first-order valence-corrected chi connectivity index (χ1v) is 9.69. The molecule has 3 aliphatic rings. The lowest BCUT2D eigenvalue weighted by Crippen LogP contribution is -2.52. The fourth-order valence-corrected chi connectivity index (χ4v) is 4.81. The Bertz CT molecular complexity index is 1020. The van der Waals surface area contributed by atoms with Gasteiger partial charge in [-0.05, 0) is 49.5 Å². The summed E-state index contributed by atoms with van der Waals surface area (Å²) in [5, 5.41) is 0. The standard InChI is InChI=1S/C21H19F3N4O2/c22-16-8-21(28-18(16)25)15-7-12(13-9-26-11-27-10-13)1-2-17(15)30-20(21)5-3-14(4-6-20)29-19(23)24/h1-2,7-11,14,19H,3-6H2,(H2,25,28). The van der Waals surface area contributed by atoms with Crippen LogP contribution in [0.3, 0.4) is 0 Å². The van der Waals surface area contributed by atoms with Gasteiger partial charge in [0.1, 0.15) is 17.7 Å². The number of ether oxygens (including phenoxy) is 2. The molecule has 0 bridgehead atoms. The smallest absolute Gasteiger partial charge is 0.345 e. The molecule has 2 aromatic rings. The highest BCUT2D eigenvalue weighted by Crippen LogP contribution is 2.59. The van der Waals surface area contributed by atoms with Crippen molar-refractivity contribution < 1.29 is 22.6 Å². The first-order chi connectivity index (χ1) is 14.4. The molecule has 1 saturated carbocycles. The zero-order valence-corrected chi connectivity index (χ0v) is 15.9. The first kappa shape index (κ1) is 19.0. The first-order valence-electron chi connectivity index (χ1n) is 9.69. The molecular weight excluding hydrogens is 397 g/mol. The largest absolute Gasteiger partial charge is 0.484 e. The number of amidine groups is 1. The van der Waals surface area contributed by atoms with Crippen molar-refractivity contribution in [1.82, 2.24) is 9.97 Å². The molecule has 1 aromatic carbocycles. The molecule has 2 spiro atoms. The van der Waals surface area contributed by atoms with Gasteiger partial charge in [0, 0.05) is 23.5 Å². The second kappa shape index (κ2) is 6.80. The maximum absolute atomic E-state index is 14.5.